The molecule has 1 saturated carbocycles. The van der Waals surface area contributed by atoms with Crippen molar-refractivity contribution in [3.05, 3.63) is 47.8 Å². The number of imidazole rings is 1. The van der Waals surface area contributed by atoms with Crippen LogP contribution in [0.4, 0.5) is 5.95 Å². The first-order chi connectivity index (χ1) is 13.2. The van der Waals surface area contributed by atoms with Gasteiger partial charge in [0, 0.05) is 44.1 Å². The lowest BCUT2D eigenvalue weighted by atomic mass is 9.84. The van der Waals surface area contributed by atoms with Gasteiger partial charge in [0.1, 0.15) is 0 Å². The summed E-state index contributed by atoms with van der Waals surface area (Å²) >= 11 is 0. The summed E-state index contributed by atoms with van der Waals surface area (Å²) < 4.78 is 2.05. The lowest BCUT2D eigenvalue weighted by Crippen LogP contribution is -2.45. The molecule has 2 heterocycles. The average Bonchev–Trinajstić information content (AvgIpc) is 3.15. The molecule has 1 aliphatic carbocycles. The number of carbonyl (C=O) groups excluding carboxylic acids is 1. The van der Waals surface area contributed by atoms with Crippen molar-refractivity contribution in [3.8, 4) is 0 Å². The molecule has 1 amide bonds. The summed E-state index contributed by atoms with van der Waals surface area (Å²) in [4.78, 5) is 19.3. The highest BCUT2D eigenvalue weighted by Gasteiger charge is 2.23. The molecule has 1 aromatic heterocycles. The van der Waals surface area contributed by atoms with E-state index in [0.717, 1.165) is 37.4 Å². The van der Waals surface area contributed by atoms with Gasteiger partial charge in [-0.3, -0.25) is 4.79 Å². The lowest BCUT2D eigenvalue weighted by Gasteiger charge is -2.33. The van der Waals surface area contributed by atoms with Crippen LogP contribution in [0, 0.1) is 0 Å². The monoisotopic (exact) mass is 366 g/mol. The first-order valence-electron chi connectivity index (χ1n) is 10.3. The van der Waals surface area contributed by atoms with E-state index >= 15 is 0 Å². The fourth-order valence-corrected chi connectivity index (χ4v) is 4.50. The van der Waals surface area contributed by atoms with Crippen LogP contribution in [0.25, 0.3) is 0 Å². The van der Waals surface area contributed by atoms with Crippen LogP contribution >= 0.6 is 0 Å². The van der Waals surface area contributed by atoms with Gasteiger partial charge in [-0.05, 0) is 49.3 Å². The van der Waals surface area contributed by atoms with Crippen molar-refractivity contribution in [1.82, 2.24) is 14.9 Å². The number of anilines is 1. The normalized spacial score (nSPS) is 19.2. The van der Waals surface area contributed by atoms with Crippen LogP contribution in [0.2, 0.25) is 0 Å². The molecule has 0 bridgehead atoms. The smallest absolute Gasteiger partial charge is 0.251 e. The van der Waals surface area contributed by atoms with Gasteiger partial charge in [0.2, 0.25) is 5.95 Å². The van der Waals surface area contributed by atoms with Gasteiger partial charge < -0.3 is 14.8 Å². The molecule has 27 heavy (non-hydrogen) atoms. The molecule has 5 heteroatoms. The Balaban J connectivity index is 1.30. The molecule has 4 rings (SSSR count). The largest absolute Gasteiger partial charge is 0.349 e. The molecular formula is C22H30N4O. The van der Waals surface area contributed by atoms with Gasteiger partial charge >= 0.3 is 0 Å². The van der Waals surface area contributed by atoms with E-state index in [2.05, 4.69) is 27.3 Å². The van der Waals surface area contributed by atoms with Gasteiger partial charge in [0.25, 0.3) is 5.91 Å². The van der Waals surface area contributed by atoms with Crippen LogP contribution < -0.4 is 10.2 Å². The molecule has 0 spiro atoms. The van der Waals surface area contributed by atoms with Crippen LogP contribution in [0.15, 0.2) is 36.7 Å². The molecule has 1 saturated heterocycles. The fraction of sp³-hybridized carbons (Fsp3) is 0.545. The zero-order chi connectivity index (χ0) is 18.6. The molecule has 2 aliphatic rings. The highest BCUT2D eigenvalue weighted by Crippen LogP contribution is 2.32. The highest BCUT2D eigenvalue weighted by atomic mass is 16.1. The van der Waals surface area contributed by atoms with Crippen molar-refractivity contribution in [2.75, 3.05) is 18.0 Å². The third kappa shape index (κ3) is 4.18. The Bertz CT molecular complexity index is 753. The van der Waals surface area contributed by atoms with Gasteiger partial charge in [-0.25, -0.2) is 4.98 Å². The molecule has 1 aliphatic heterocycles. The molecule has 0 unspecified atom stereocenters. The van der Waals surface area contributed by atoms with E-state index in [9.17, 15) is 4.79 Å². The average molecular weight is 367 g/mol. The summed E-state index contributed by atoms with van der Waals surface area (Å²) in [6.07, 6.45) is 12.3. The Morgan fingerprint density at radius 1 is 1.04 bits per heavy atom. The molecule has 0 radical (unpaired) electrons. The SMILES string of the molecule is Cn1ccnc1N1CCC(NC(=O)c2ccc(C3CCCCC3)cc2)CC1. The maximum atomic E-state index is 12.6. The Labute approximate surface area is 161 Å². The number of amides is 1. The standard InChI is InChI=1S/C22H30N4O/c1-25-16-13-23-22(25)26-14-11-20(12-15-26)24-21(27)19-9-7-18(8-10-19)17-5-3-2-4-6-17/h7-10,13,16-17,20H,2-6,11-12,14-15H2,1H3,(H,24,27). The van der Waals surface area contributed by atoms with E-state index in [-0.39, 0.29) is 11.9 Å². The second-order valence-electron chi connectivity index (χ2n) is 8.03. The summed E-state index contributed by atoms with van der Waals surface area (Å²) in [6.45, 7) is 1.85. The molecular weight excluding hydrogens is 336 g/mol. The van der Waals surface area contributed by atoms with Gasteiger partial charge in [0.15, 0.2) is 0 Å². The number of nitrogens with zero attached hydrogens (tertiary/aromatic N) is 3. The quantitative estimate of drug-likeness (QED) is 0.894. The van der Waals surface area contributed by atoms with Crippen molar-refractivity contribution >= 4 is 11.9 Å². The highest BCUT2D eigenvalue weighted by molar-refractivity contribution is 5.94. The van der Waals surface area contributed by atoms with Crippen LogP contribution in [-0.2, 0) is 7.05 Å². The van der Waals surface area contributed by atoms with E-state index in [1.54, 1.807) is 0 Å². The molecule has 2 fully saturated rings. The van der Waals surface area contributed by atoms with E-state index in [4.69, 9.17) is 0 Å². The summed E-state index contributed by atoms with van der Waals surface area (Å²) in [5.41, 5.74) is 2.18. The minimum absolute atomic E-state index is 0.0561. The number of piperidine rings is 1. The molecule has 1 aromatic carbocycles. The second-order valence-corrected chi connectivity index (χ2v) is 8.03. The summed E-state index contributed by atoms with van der Waals surface area (Å²) in [5, 5.41) is 3.22. The predicted molar refractivity (Wildman–Crippen MR) is 108 cm³/mol. The number of benzene rings is 1. The molecule has 2 aromatic rings. The number of nitrogens with one attached hydrogen (secondary N) is 1. The van der Waals surface area contributed by atoms with Gasteiger partial charge in [0.05, 0.1) is 0 Å². The number of carbonyl (C=O) groups is 1. The van der Waals surface area contributed by atoms with Crippen LogP contribution in [0.5, 0.6) is 0 Å². The summed E-state index contributed by atoms with van der Waals surface area (Å²) in [7, 11) is 2.02. The molecule has 144 valence electrons. The maximum absolute atomic E-state index is 12.6. The predicted octanol–water partition coefficient (Wildman–Crippen LogP) is 3.87. The number of aryl methyl sites for hydroxylation is 1. The zero-order valence-corrected chi connectivity index (χ0v) is 16.2. The third-order valence-electron chi connectivity index (χ3n) is 6.16. The Morgan fingerprint density at radius 3 is 2.37 bits per heavy atom. The van der Waals surface area contributed by atoms with E-state index in [1.165, 1.54) is 37.7 Å². The Kier molecular flexibility index (Phi) is 5.46. The Morgan fingerprint density at radius 2 is 1.74 bits per heavy atom. The van der Waals surface area contributed by atoms with Crippen molar-refractivity contribution in [2.45, 2.75) is 56.9 Å². The van der Waals surface area contributed by atoms with Crippen molar-refractivity contribution in [2.24, 2.45) is 7.05 Å². The zero-order valence-electron chi connectivity index (χ0n) is 16.2. The third-order valence-corrected chi connectivity index (χ3v) is 6.16. The molecule has 1 N–H and O–H groups in total. The molecule has 0 atom stereocenters. The number of rotatable bonds is 4. The first-order valence-corrected chi connectivity index (χ1v) is 10.3. The number of hydrogen-bond acceptors (Lipinski definition) is 3. The van der Waals surface area contributed by atoms with Crippen LogP contribution in [0.3, 0.4) is 0 Å². The van der Waals surface area contributed by atoms with E-state index < -0.39 is 0 Å². The fourth-order valence-electron chi connectivity index (χ4n) is 4.50. The Hall–Kier alpha value is -2.30. The number of hydrogen-bond donors (Lipinski definition) is 1. The summed E-state index contributed by atoms with van der Waals surface area (Å²) in [5.74, 6) is 1.75. The van der Waals surface area contributed by atoms with Crippen molar-refractivity contribution in [3.63, 3.8) is 0 Å². The second kappa shape index (κ2) is 8.15. The number of aromatic nitrogens is 2. The minimum Gasteiger partial charge on any atom is -0.349 e. The van der Waals surface area contributed by atoms with Gasteiger partial charge in [-0.2, -0.15) is 0 Å². The lowest BCUT2D eigenvalue weighted by molar-refractivity contribution is 0.0931. The van der Waals surface area contributed by atoms with Crippen molar-refractivity contribution < 1.29 is 4.79 Å². The van der Waals surface area contributed by atoms with Crippen LogP contribution in [-0.4, -0.2) is 34.6 Å². The minimum atomic E-state index is 0.0561. The van der Waals surface area contributed by atoms with Gasteiger partial charge in [-0.15, -0.1) is 0 Å². The van der Waals surface area contributed by atoms with Crippen molar-refractivity contribution in [1.29, 1.82) is 0 Å². The van der Waals surface area contributed by atoms with Crippen LogP contribution in [0.1, 0.15) is 66.8 Å². The van der Waals surface area contributed by atoms with E-state index in [1.807, 2.05) is 36.1 Å². The van der Waals surface area contributed by atoms with Gasteiger partial charge in [-0.1, -0.05) is 31.4 Å². The topological polar surface area (TPSA) is 50.2 Å². The van der Waals surface area contributed by atoms with E-state index in [0.29, 0.717) is 5.92 Å². The molecule has 5 nitrogen and oxygen atoms in total. The maximum Gasteiger partial charge on any atom is 0.251 e. The first kappa shape index (κ1) is 18.1. The summed E-state index contributed by atoms with van der Waals surface area (Å²) in [6, 6.07) is 8.57.